The fraction of sp³-hybridized carbons (Fsp3) is 0.588. The molecule has 0 amide bonds. The van der Waals surface area contributed by atoms with Crippen molar-refractivity contribution in [2.75, 3.05) is 19.6 Å². The molecule has 0 spiro atoms. The number of nitrogens with zero attached hydrogens (tertiary/aromatic N) is 2. The van der Waals surface area contributed by atoms with Gasteiger partial charge in [-0.2, -0.15) is 0 Å². The van der Waals surface area contributed by atoms with Crippen molar-refractivity contribution in [3.8, 4) is 5.75 Å². The molecule has 1 aromatic carbocycles. The summed E-state index contributed by atoms with van der Waals surface area (Å²) in [6.07, 6.45) is 5.06. The molecular formula is C17H28IN3O. The number of nitrogens with two attached hydrogens (primary N) is 1. The number of aliphatic imine (C=N–C) groups is 1. The maximum atomic E-state index is 6.11. The van der Waals surface area contributed by atoms with Gasteiger partial charge in [-0.05, 0) is 38.3 Å². The molecule has 22 heavy (non-hydrogen) atoms. The van der Waals surface area contributed by atoms with Gasteiger partial charge in [-0.25, -0.2) is 4.99 Å². The molecule has 0 saturated carbocycles. The van der Waals surface area contributed by atoms with Gasteiger partial charge in [-0.15, -0.1) is 24.0 Å². The van der Waals surface area contributed by atoms with Crippen molar-refractivity contribution in [3.63, 3.8) is 0 Å². The number of rotatable bonds is 4. The monoisotopic (exact) mass is 417 g/mol. The predicted molar refractivity (Wildman–Crippen MR) is 103 cm³/mol. The third-order valence-corrected chi connectivity index (χ3v) is 3.86. The second-order valence-electron chi connectivity index (χ2n) is 5.79. The summed E-state index contributed by atoms with van der Waals surface area (Å²) in [7, 11) is 0. The van der Waals surface area contributed by atoms with Crippen molar-refractivity contribution in [1.82, 2.24) is 4.90 Å². The van der Waals surface area contributed by atoms with Crippen LogP contribution in [-0.4, -0.2) is 36.6 Å². The molecule has 1 fully saturated rings. The van der Waals surface area contributed by atoms with E-state index in [-0.39, 0.29) is 30.1 Å². The lowest BCUT2D eigenvalue weighted by molar-refractivity contribution is 0.228. The molecule has 0 aromatic heterocycles. The van der Waals surface area contributed by atoms with Crippen LogP contribution in [0.3, 0.4) is 0 Å². The Morgan fingerprint density at radius 2 is 1.86 bits per heavy atom. The van der Waals surface area contributed by atoms with Gasteiger partial charge in [0.2, 0.25) is 0 Å². The smallest absolute Gasteiger partial charge is 0.191 e. The van der Waals surface area contributed by atoms with Gasteiger partial charge in [0, 0.05) is 13.1 Å². The highest BCUT2D eigenvalue weighted by Gasteiger charge is 2.12. The highest BCUT2D eigenvalue weighted by molar-refractivity contribution is 14.0. The standard InChI is InChI=1S/C17H27N3O.HI/c1-14-9-5-6-10-16(14)21-15(2)13-19-17(18)20-11-7-3-4-8-12-20;/h5-6,9-10,15H,3-4,7-8,11-13H2,1-2H3,(H2,18,19);1H. The summed E-state index contributed by atoms with van der Waals surface area (Å²) < 4.78 is 5.93. The fourth-order valence-electron chi connectivity index (χ4n) is 2.56. The Bertz CT molecular complexity index is 471. The molecule has 0 radical (unpaired) electrons. The molecule has 0 aliphatic carbocycles. The van der Waals surface area contributed by atoms with Gasteiger partial charge in [-0.1, -0.05) is 31.0 Å². The van der Waals surface area contributed by atoms with E-state index in [0.717, 1.165) is 24.4 Å². The lowest BCUT2D eigenvalue weighted by Gasteiger charge is -2.22. The maximum absolute atomic E-state index is 6.11. The average molecular weight is 417 g/mol. The van der Waals surface area contributed by atoms with Crippen LogP contribution in [0.2, 0.25) is 0 Å². The molecule has 1 atom stereocenters. The second kappa shape index (κ2) is 9.92. The van der Waals surface area contributed by atoms with E-state index in [0.29, 0.717) is 12.5 Å². The molecular weight excluding hydrogens is 389 g/mol. The number of ether oxygens (including phenoxy) is 1. The molecule has 1 aliphatic rings. The molecule has 1 unspecified atom stereocenters. The summed E-state index contributed by atoms with van der Waals surface area (Å²) in [6.45, 7) is 6.74. The molecule has 1 aromatic rings. The van der Waals surface area contributed by atoms with Crippen molar-refractivity contribution in [2.45, 2.75) is 45.6 Å². The SMILES string of the molecule is Cc1ccccc1OC(C)CN=C(N)N1CCCCCC1.I. The number of hydrogen-bond acceptors (Lipinski definition) is 2. The Balaban J connectivity index is 0.00000242. The Labute approximate surface area is 151 Å². The molecule has 2 N–H and O–H groups in total. The van der Waals surface area contributed by atoms with Crippen LogP contribution in [-0.2, 0) is 0 Å². The predicted octanol–water partition coefficient (Wildman–Crippen LogP) is 3.57. The van der Waals surface area contributed by atoms with Crippen LogP contribution < -0.4 is 10.5 Å². The third-order valence-electron chi connectivity index (χ3n) is 3.86. The molecule has 124 valence electrons. The van der Waals surface area contributed by atoms with Crippen LogP contribution in [0.1, 0.15) is 38.2 Å². The van der Waals surface area contributed by atoms with E-state index >= 15 is 0 Å². The Kier molecular flexibility index (Phi) is 8.60. The molecule has 2 rings (SSSR count). The van der Waals surface area contributed by atoms with E-state index in [1.54, 1.807) is 0 Å². The third kappa shape index (κ3) is 6.02. The van der Waals surface area contributed by atoms with E-state index in [9.17, 15) is 0 Å². The van der Waals surface area contributed by atoms with E-state index in [4.69, 9.17) is 10.5 Å². The molecule has 1 heterocycles. The Morgan fingerprint density at radius 1 is 1.23 bits per heavy atom. The van der Waals surface area contributed by atoms with E-state index in [1.807, 2.05) is 25.1 Å². The van der Waals surface area contributed by atoms with E-state index < -0.39 is 0 Å². The Hall–Kier alpha value is -0.980. The van der Waals surface area contributed by atoms with Crippen molar-refractivity contribution in [1.29, 1.82) is 0 Å². The highest BCUT2D eigenvalue weighted by Crippen LogP contribution is 2.17. The molecule has 1 aliphatic heterocycles. The number of likely N-dealkylation sites (tertiary alicyclic amines) is 1. The largest absolute Gasteiger partial charge is 0.489 e. The van der Waals surface area contributed by atoms with Crippen LogP contribution in [0.15, 0.2) is 29.3 Å². The number of halogens is 1. The normalized spacial score (nSPS) is 17.4. The zero-order chi connectivity index (χ0) is 15.1. The minimum Gasteiger partial charge on any atom is -0.489 e. The average Bonchev–Trinajstić information content (AvgIpc) is 2.76. The number of hydrogen-bond donors (Lipinski definition) is 1. The van der Waals surface area contributed by atoms with Gasteiger partial charge in [0.15, 0.2) is 5.96 Å². The number of guanidine groups is 1. The second-order valence-corrected chi connectivity index (χ2v) is 5.79. The molecule has 1 saturated heterocycles. The fourth-order valence-corrected chi connectivity index (χ4v) is 2.56. The van der Waals surface area contributed by atoms with Gasteiger partial charge in [0.25, 0.3) is 0 Å². The minimum atomic E-state index is 0. The molecule has 4 nitrogen and oxygen atoms in total. The highest BCUT2D eigenvalue weighted by atomic mass is 127. The minimum absolute atomic E-state index is 0. The number of benzene rings is 1. The van der Waals surface area contributed by atoms with Crippen molar-refractivity contribution in [2.24, 2.45) is 10.7 Å². The zero-order valence-corrected chi connectivity index (χ0v) is 16.0. The van der Waals surface area contributed by atoms with Crippen molar-refractivity contribution >= 4 is 29.9 Å². The summed E-state index contributed by atoms with van der Waals surface area (Å²) in [5, 5.41) is 0. The van der Waals surface area contributed by atoms with E-state index in [1.165, 1.54) is 25.7 Å². The van der Waals surface area contributed by atoms with Crippen molar-refractivity contribution < 1.29 is 4.74 Å². The maximum Gasteiger partial charge on any atom is 0.191 e. The first kappa shape index (κ1) is 19.1. The summed E-state index contributed by atoms with van der Waals surface area (Å²) in [6, 6.07) is 8.05. The van der Waals surface area contributed by atoms with Crippen molar-refractivity contribution in [3.05, 3.63) is 29.8 Å². The summed E-state index contributed by atoms with van der Waals surface area (Å²) in [5.41, 5.74) is 7.26. The summed E-state index contributed by atoms with van der Waals surface area (Å²) in [4.78, 5) is 6.71. The van der Waals surface area contributed by atoms with Gasteiger partial charge in [0.05, 0.1) is 6.54 Å². The van der Waals surface area contributed by atoms with Crippen LogP contribution >= 0.6 is 24.0 Å². The first-order valence-corrected chi connectivity index (χ1v) is 7.94. The van der Waals surface area contributed by atoms with Gasteiger partial charge < -0.3 is 15.4 Å². The first-order valence-electron chi connectivity index (χ1n) is 7.94. The Morgan fingerprint density at radius 3 is 2.50 bits per heavy atom. The lowest BCUT2D eigenvalue weighted by Crippen LogP contribution is -2.38. The van der Waals surface area contributed by atoms with Crippen LogP contribution in [0.5, 0.6) is 5.75 Å². The molecule has 0 bridgehead atoms. The number of aryl methyl sites for hydroxylation is 1. The van der Waals surface area contributed by atoms with Crippen LogP contribution in [0.25, 0.3) is 0 Å². The molecule has 5 heteroatoms. The lowest BCUT2D eigenvalue weighted by atomic mass is 10.2. The van der Waals surface area contributed by atoms with E-state index in [2.05, 4.69) is 22.9 Å². The summed E-state index contributed by atoms with van der Waals surface area (Å²) >= 11 is 0. The van der Waals surface area contributed by atoms with Gasteiger partial charge >= 0.3 is 0 Å². The van der Waals surface area contributed by atoms with Crippen LogP contribution in [0, 0.1) is 6.92 Å². The topological polar surface area (TPSA) is 50.9 Å². The summed E-state index contributed by atoms with van der Waals surface area (Å²) in [5.74, 6) is 1.59. The number of para-hydroxylation sites is 1. The zero-order valence-electron chi connectivity index (χ0n) is 13.6. The van der Waals surface area contributed by atoms with Gasteiger partial charge in [0.1, 0.15) is 11.9 Å². The van der Waals surface area contributed by atoms with Gasteiger partial charge in [-0.3, -0.25) is 0 Å². The quantitative estimate of drug-likeness (QED) is 0.463. The van der Waals surface area contributed by atoms with Crippen LogP contribution in [0.4, 0.5) is 0 Å². The first-order chi connectivity index (χ1) is 10.2.